The summed E-state index contributed by atoms with van der Waals surface area (Å²) in [6.07, 6.45) is 0. The Labute approximate surface area is 276 Å². The summed E-state index contributed by atoms with van der Waals surface area (Å²) in [5.41, 5.74) is 15.4. The first-order valence-corrected chi connectivity index (χ1v) is 12.7. The number of hydrogen-bond acceptors (Lipinski definition) is 29. The lowest BCUT2D eigenvalue weighted by atomic mass is 10.6. The lowest BCUT2D eigenvalue weighted by Gasteiger charge is -2.24. The Morgan fingerprint density at radius 2 is 0.612 bits per heavy atom. The molecular weight excluding hydrogens is 668 g/mol. The highest BCUT2D eigenvalue weighted by molar-refractivity contribution is 5.45. The van der Waals surface area contributed by atoms with E-state index in [1.165, 1.54) is 0 Å². The third-order valence-corrected chi connectivity index (χ3v) is 4.51. The molecule has 29 heteroatoms. The second-order valence-electron chi connectivity index (χ2n) is 7.42. The van der Waals surface area contributed by atoms with Gasteiger partial charge in [-0.05, 0) is 0 Å². The van der Waals surface area contributed by atoms with E-state index in [1.807, 2.05) is 13.6 Å². The molecule has 3 heterocycles. The van der Waals surface area contributed by atoms with Crippen molar-refractivity contribution in [2.75, 3.05) is 108 Å². The average molecular weight is 709 g/mol. The number of carbonyl (C=O) groups excluding carboxylic acids is 2. The van der Waals surface area contributed by atoms with Gasteiger partial charge in [0, 0.05) is 0 Å². The minimum Gasteiger partial charge on any atom is -0.376 e. The Morgan fingerprint density at radius 3 is 0.776 bits per heavy atom. The number of aromatic nitrogens is 9. The van der Waals surface area contributed by atoms with Crippen LogP contribution in [0.15, 0.2) is 0 Å². The van der Waals surface area contributed by atoms with Gasteiger partial charge in [-0.1, -0.05) is 0 Å². The summed E-state index contributed by atoms with van der Waals surface area (Å²) >= 11 is 0. The van der Waals surface area contributed by atoms with Gasteiger partial charge in [-0.25, -0.2) is 0 Å². The highest BCUT2D eigenvalue weighted by atomic mass is 16.3. The van der Waals surface area contributed by atoms with Crippen LogP contribution in [0.2, 0.25) is 0 Å². The molecule has 0 saturated carbocycles. The van der Waals surface area contributed by atoms with Crippen LogP contribution in [0, 0.1) is 0 Å². The van der Waals surface area contributed by atoms with Crippen LogP contribution in [-0.4, -0.2) is 165 Å². The minimum atomic E-state index is -0.601. The van der Waals surface area contributed by atoms with Crippen molar-refractivity contribution in [1.29, 1.82) is 0 Å². The molecule has 0 aromatic carbocycles. The van der Waals surface area contributed by atoms with Gasteiger partial charge >= 0.3 is 0 Å². The molecule has 0 radical (unpaired) electrons. The lowest BCUT2D eigenvalue weighted by molar-refractivity contribution is -0.0987. The van der Waals surface area contributed by atoms with E-state index in [-0.39, 0.29) is 73.7 Å². The van der Waals surface area contributed by atoms with Crippen LogP contribution in [0.25, 0.3) is 0 Å². The molecule has 0 aliphatic rings. The third-order valence-electron chi connectivity index (χ3n) is 4.51. The summed E-state index contributed by atoms with van der Waals surface area (Å²) in [7, 11) is 0. The number of nitrogens with zero attached hydrogens (tertiary/aromatic N) is 12. The van der Waals surface area contributed by atoms with Crippen molar-refractivity contribution in [2.24, 2.45) is 0 Å². The van der Waals surface area contributed by atoms with Gasteiger partial charge in [-0.2, -0.15) is 44.9 Å². The minimum absolute atomic E-state index is 0.0417. The Kier molecular flexibility index (Phi) is 25.3. The number of nitrogens with one attached hydrogen (secondary N) is 3. The van der Waals surface area contributed by atoms with E-state index in [9.17, 15) is 0 Å². The number of nitrogen functional groups attached to an aromatic ring is 3. The Bertz CT molecular complexity index is 1110. The number of aliphatic hydroxyl groups excluding tert-OH is 9. The molecule has 49 heavy (non-hydrogen) atoms. The van der Waals surface area contributed by atoms with E-state index in [0.29, 0.717) is 0 Å². The molecule has 0 saturated heterocycles. The molecule has 0 fully saturated rings. The molecule has 276 valence electrons. The SMILES string of the molecule is C=O.C=O.Nc1nc(N)nc(N)n1.OCN(CO)c1nc(N(CO)CO)nc(N(CO)CO)n1.OCNc1nc(NCO)nc(NCO)n1. The van der Waals surface area contributed by atoms with Crippen molar-refractivity contribution in [3.63, 3.8) is 0 Å². The zero-order valence-electron chi connectivity index (χ0n) is 25.7. The summed E-state index contributed by atoms with van der Waals surface area (Å²) in [5, 5.41) is 87.8. The molecule has 3 aromatic rings. The van der Waals surface area contributed by atoms with Crippen molar-refractivity contribution in [3.05, 3.63) is 0 Å². The van der Waals surface area contributed by atoms with E-state index in [4.69, 9.17) is 72.7 Å². The first-order valence-electron chi connectivity index (χ1n) is 12.7. The van der Waals surface area contributed by atoms with E-state index in [0.717, 1.165) is 14.7 Å². The maximum absolute atomic E-state index is 9.11. The van der Waals surface area contributed by atoms with Crippen molar-refractivity contribution in [1.82, 2.24) is 44.9 Å². The van der Waals surface area contributed by atoms with Gasteiger partial charge in [0.15, 0.2) is 0 Å². The standard InChI is InChI=1S/C9H18N6O6.C6H12N6O3.C3H6N6.2CH2O/c16-1-13(2-17)7-10-8(14(3-18)4-19)12-9(11-7)15(5-20)6-21;13-1-7-4-10-5(8-2-14)12-6(11-4)9-3-15;4-1-7-2(5)9-3(6)8-1;2*1-2/h16-21H,1-6H2;13-15H,1-3H2,(H3,7,8,9,10,11,12);(H6,4,5,6,7,8,9);2*1H2. The highest BCUT2D eigenvalue weighted by Crippen LogP contribution is 2.18. The lowest BCUT2D eigenvalue weighted by Crippen LogP contribution is -2.34. The zero-order valence-corrected chi connectivity index (χ0v) is 25.7. The van der Waals surface area contributed by atoms with Gasteiger partial charge in [0.05, 0.1) is 0 Å². The largest absolute Gasteiger partial charge is 0.376 e. The fourth-order valence-electron chi connectivity index (χ4n) is 2.53. The highest BCUT2D eigenvalue weighted by Gasteiger charge is 2.18. The van der Waals surface area contributed by atoms with Crippen LogP contribution < -0.4 is 47.9 Å². The van der Waals surface area contributed by atoms with Gasteiger partial charge in [-0.3, -0.25) is 14.7 Å². The first kappa shape index (κ1) is 45.3. The summed E-state index contributed by atoms with van der Waals surface area (Å²) in [4.78, 5) is 52.4. The molecule has 0 spiro atoms. The van der Waals surface area contributed by atoms with Gasteiger partial charge < -0.3 is 88.7 Å². The first-order chi connectivity index (χ1) is 23.6. The topological polar surface area (TPSA) is 456 Å². The van der Waals surface area contributed by atoms with Crippen molar-refractivity contribution < 1.29 is 55.5 Å². The number of rotatable bonds is 15. The van der Waals surface area contributed by atoms with Crippen LogP contribution in [0.3, 0.4) is 0 Å². The number of carbonyl (C=O) groups is 2. The van der Waals surface area contributed by atoms with Crippen molar-refractivity contribution >= 4 is 67.1 Å². The second-order valence-corrected chi connectivity index (χ2v) is 7.42. The maximum Gasteiger partial charge on any atom is 0.235 e. The summed E-state index contributed by atoms with van der Waals surface area (Å²) in [6.45, 7) is -0.604. The van der Waals surface area contributed by atoms with Crippen LogP contribution in [0.1, 0.15) is 0 Å². The normalized spacial score (nSPS) is 9.41. The maximum atomic E-state index is 9.11. The molecule has 29 nitrogen and oxygen atoms in total. The number of hydrogen-bond donors (Lipinski definition) is 15. The smallest absolute Gasteiger partial charge is 0.235 e. The Balaban J connectivity index is 0. The zero-order chi connectivity index (χ0) is 37.8. The van der Waals surface area contributed by atoms with Crippen LogP contribution in [-0.2, 0) is 9.59 Å². The van der Waals surface area contributed by atoms with Gasteiger partial charge in [0.25, 0.3) is 0 Å². The van der Waals surface area contributed by atoms with E-state index in [2.05, 4.69) is 60.8 Å². The molecule has 3 rings (SSSR count). The molecule has 0 aliphatic heterocycles. The fourth-order valence-corrected chi connectivity index (χ4v) is 2.53. The Hall–Kier alpha value is -5.79. The van der Waals surface area contributed by atoms with Crippen molar-refractivity contribution in [2.45, 2.75) is 0 Å². The quantitative estimate of drug-likeness (QED) is 0.0652. The average Bonchev–Trinajstić information content (AvgIpc) is 3.09. The molecule has 0 atom stereocenters. The fraction of sp³-hybridized carbons (Fsp3) is 0.450. The summed E-state index contributed by atoms with van der Waals surface area (Å²) in [6, 6.07) is 0. The molecule has 0 bridgehead atoms. The van der Waals surface area contributed by atoms with E-state index in [1.54, 1.807) is 0 Å². The summed E-state index contributed by atoms with van der Waals surface area (Å²) < 4.78 is 0. The third kappa shape index (κ3) is 17.1. The van der Waals surface area contributed by atoms with E-state index < -0.39 is 40.4 Å². The summed E-state index contributed by atoms with van der Waals surface area (Å²) in [5.74, 6) is -0.00500. The van der Waals surface area contributed by atoms with Crippen LogP contribution >= 0.6 is 0 Å². The number of nitrogens with two attached hydrogens (primary N) is 3. The Morgan fingerprint density at radius 1 is 0.408 bits per heavy atom. The molecule has 0 amide bonds. The predicted octanol–water partition coefficient (Wildman–Crippen LogP) is -7.81. The second kappa shape index (κ2) is 27.3. The number of anilines is 9. The molecule has 0 unspecified atom stereocenters. The molecule has 0 aliphatic carbocycles. The van der Waals surface area contributed by atoms with E-state index >= 15 is 0 Å². The monoisotopic (exact) mass is 708 g/mol. The molecule has 3 aromatic heterocycles. The van der Waals surface area contributed by atoms with Gasteiger partial charge in [0.2, 0.25) is 53.5 Å². The van der Waals surface area contributed by atoms with Gasteiger partial charge in [-0.15, -0.1) is 0 Å². The molecule has 18 N–H and O–H groups in total. The number of aliphatic hydroxyl groups is 9. The predicted molar refractivity (Wildman–Crippen MR) is 169 cm³/mol. The van der Waals surface area contributed by atoms with Gasteiger partial charge in [0.1, 0.15) is 74.2 Å². The van der Waals surface area contributed by atoms with Crippen LogP contribution in [0.4, 0.5) is 53.5 Å². The van der Waals surface area contributed by atoms with Crippen LogP contribution in [0.5, 0.6) is 0 Å². The molecular formula is C20H40N18O11. The van der Waals surface area contributed by atoms with Crippen molar-refractivity contribution in [3.8, 4) is 0 Å².